The summed E-state index contributed by atoms with van der Waals surface area (Å²) in [6, 6.07) is -0.344. The van der Waals surface area contributed by atoms with Crippen molar-refractivity contribution in [3.8, 4) is 0 Å². The fraction of sp³-hybridized carbons (Fsp3) is 0.909. The zero-order valence-corrected chi connectivity index (χ0v) is 11.4. The second-order valence-electron chi connectivity index (χ2n) is 4.99. The van der Waals surface area contributed by atoms with E-state index < -0.39 is 26.5 Å². The molecular formula is C11H21NO4S. The van der Waals surface area contributed by atoms with Gasteiger partial charge in [-0.2, -0.15) is 0 Å². The smallest absolute Gasteiger partial charge is 0.306 e. The van der Waals surface area contributed by atoms with Crippen molar-refractivity contribution in [2.75, 3.05) is 13.4 Å². The fourth-order valence-corrected chi connectivity index (χ4v) is 4.79. The average molecular weight is 263 g/mol. The number of nitrogens with two attached hydrogens (primary N) is 1. The third-order valence-electron chi connectivity index (χ3n) is 3.87. The van der Waals surface area contributed by atoms with Crippen LogP contribution in [0.4, 0.5) is 0 Å². The van der Waals surface area contributed by atoms with Crippen molar-refractivity contribution in [2.45, 2.75) is 43.9 Å². The lowest BCUT2D eigenvalue weighted by Crippen LogP contribution is -2.49. The molecule has 0 bridgehead atoms. The molecule has 17 heavy (non-hydrogen) atoms. The number of carbonyl (C=O) groups is 1. The van der Waals surface area contributed by atoms with Gasteiger partial charge in [0.1, 0.15) is 0 Å². The summed E-state index contributed by atoms with van der Waals surface area (Å²) in [5.41, 5.74) is 5.28. The summed E-state index contributed by atoms with van der Waals surface area (Å²) < 4.78 is 28.3. The predicted molar refractivity (Wildman–Crippen MR) is 65.2 cm³/mol. The van der Waals surface area contributed by atoms with Crippen molar-refractivity contribution < 1.29 is 17.9 Å². The Kier molecular flexibility index (Phi) is 4.19. The Morgan fingerprint density at radius 1 is 1.59 bits per heavy atom. The average Bonchev–Trinajstić information content (AvgIpc) is 2.62. The van der Waals surface area contributed by atoms with E-state index in [4.69, 9.17) is 5.73 Å². The summed E-state index contributed by atoms with van der Waals surface area (Å²) in [5, 5.41) is -0.533. The molecule has 1 saturated carbocycles. The number of ether oxygens (including phenoxy) is 1. The van der Waals surface area contributed by atoms with E-state index in [1.54, 1.807) is 6.92 Å². The molecule has 0 radical (unpaired) electrons. The van der Waals surface area contributed by atoms with Crippen LogP contribution < -0.4 is 5.73 Å². The number of esters is 1. The molecule has 6 heteroatoms. The molecule has 0 aromatic carbocycles. The minimum atomic E-state index is -3.20. The van der Waals surface area contributed by atoms with Gasteiger partial charge in [-0.3, -0.25) is 4.79 Å². The largest absolute Gasteiger partial charge is 0.469 e. The van der Waals surface area contributed by atoms with Gasteiger partial charge in [0.2, 0.25) is 0 Å². The molecule has 0 saturated heterocycles. The summed E-state index contributed by atoms with van der Waals surface area (Å²) in [6.45, 7) is 1.77. The van der Waals surface area contributed by atoms with Crippen LogP contribution in [-0.4, -0.2) is 39.0 Å². The first-order valence-electron chi connectivity index (χ1n) is 5.75. The van der Waals surface area contributed by atoms with Crippen molar-refractivity contribution in [3.63, 3.8) is 0 Å². The van der Waals surface area contributed by atoms with Gasteiger partial charge in [0.25, 0.3) is 0 Å². The highest BCUT2D eigenvalue weighted by molar-refractivity contribution is 7.91. The van der Waals surface area contributed by atoms with E-state index in [1.807, 2.05) is 0 Å². The van der Waals surface area contributed by atoms with Crippen LogP contribution in [0.25, 0.3) is 0 Å². The maximum Gasteiger partial charge on any atom is 0.306 e. The zero-order chi connectivity index (χ0) is 13.3. The van der Waals surface area contributed by atoms with Gasteiger partial charge < -0.3 is 10.5 Å². The van der Waals surface area contributed by atoms with Crippen LogP contribution >= 0.6 is 0 Å². The lowest BCUT2D eigenvalue weighted by molar-refractivity contribution is -0.143. The number of sulfone groups is 1. The van der Waals surface area contributed by atoms with Gasteiger partial charge in [0.05, 0.1) is 18.8 Å². The maximum atomic E-state index is 11.8. The van der Waals surface area contributed by atoms with E-state index in [9.17, 15) is 13.2 Å². The highest BCUT2D eigenvalue weighted by Crippen LogP contribution is 2.47. The van der Waals surface area contributed by atoms with Crippen molar-refractivity contribution in [1.29, 1.82) is 0 Å². The van der Waals surface area contributed by atoms with E-state index in [1.165, 1.54) is 13.4 Å². The van der Waals surface area contributed by atoms with Gasteiger partial charge in [-0.15, -0.1) is 0 Å². The normalized spacial score (nSPS) is 31.2. The Bertz CT molecular complexity index is 390. The van der Waals surface area contributed by atoms with Crippen LogP contribution in [0.15, 0.2) is 0 Å². The van der Waals surface area contributed by atoms with Crippen LogP contribution in [0.5, 0.6) is 0 Å². The Labute approximate surface area is 103 Å². The first-order chi connectivity index (χ1) is 7.74. The molecule has 5 nitrogen and oxygen atoms in total. The molecule has 100 valence electrons. The van der Waals surface area contributed by atoms with Crippen molar-refractivity contribution in [1.82, 2.24) is 0 Å². The molecule has 3 atom stereocenters. The van der Waals surface area contributed by atoms with Gasteiger partial charge in [-0.25, -0.2) is 8.42 Å². The summed E-state index contributed by atoms with van der Waals surface area (Å²) in [6.07, 6.45) is 3.33. The number of hydrogen-bond donors (Lipinski definition) is 1. The molecule has 1 fully saturated rings. The van der Waals surface area contributed by atoms with E-state index in [0.717, 1.165) is 6.42 Å². The predicted octanol–water partition coefficient (Wildman–Crippen LogP) is 0.480. The lowest BCUT2D eigenvalue weighted by atomic mass is 9.76. The third-order valence-corrected chi connectivity index (χ3v) is 5.61. The number of methoxy groups -OCH3 is 1. The molecule has 2 N–H and O–H groups in total. The second kappa shape index (κ2) is 4.94. The minimum absolute atomic E-state index is 0.0822. The van der Waals surface area contributed by atoms with Crippen molar-refractivity contribution >= 4 is 15.8 Å². The number of rotatable bonds is 4. The van der Waals surface area contributed by atoms with Crippen LogP contribution in [-0.2, 0) is 19.4 Å². The summed E-state index contributed by atoms with van der Waals surface area (Å²) in [7, 11) is -1.89. The molecule has 1 aliphatic carbocycles. The van der Waals surface area contributed by atoms with E-state index in [-0.39, 0.29) is 12.5 Å². The molecule has 0 aromatic rings. The summed E-state index contributed by atoms with van der Waals surface area (Å²) in [5.74, 6) is -0.391. The molecule has 0 aliphatic heterocycles. The molecule has 0 aromatic heterocycles. The van der Waals surface area contributed by atoms with Gasteiger partial charge in [-0.1, -0.05) is 6.42 Å². The molecule has 1 aliphatic rings. The van der Waals surface area contributed by atoms with Crippen LogP contribution in [0.3, 0.4) is 0 Å². The van der Waals surface area contributed by atoms with E-state index in [2.05, 4.69) is 4.74 Å². The van der Waals surface area contributed by atoms with Crippen molar-refractivity contribution in [3.05, 3.63) is 0 Å². The summed E-state index contributed by atoms with van der Waals surface area (Å²) in [4.78, 5) is 11.5. The van der Waals surface area contributed by atoms with Gasteiger partial charge in [0.15, 0.2) is 9.84 Å². The Balaban J connectivity index is 3.10. The highest BCUT2D eigenvalue weighted by atomic mass is 32.2. The van der Waals surface area contributed by atoms with Gasteiger partial charge in [-0.05, 0) is 19.8 Å². The molecule has 1 rings (SSSR count). The number of carbonyl (C=O) groups excluding carboxylic acids is 1. The molecule has 0 heterocycles. The monoisotopic (exact) mass is 263 g/mol. The van der Waals surface area contributed by atoms with E-state index >= 15 is 0 Å². The maximum absolute atomic E-state index is 11.8. The first kappa shape index (κ1) is 14.4. The Morgan fingerprint density at radius 3 is 2.59 bits per heavy atom. The first-order valence-corrected chi connectivity index (χ1v) is 7.71. The highest BCUT2D eigenvalue weighted by Gasteiger charge is 2.51. The SMILES string of the molecule is COC(=O)CC1(C(C)N)CCCC1S(C)(=O)=O. The number of hydrogen-bond acceptors (Lipinski definition) is 5. The molecule has 3 unspecified atom stereocenters. The van der Waals surface area contributed by atoms with E-state index in [0.29, 0.717) is 12.8 Å². The Morgan fingerprint density at radius 2 is 2.18 bits per heavy atom. The van der Waals surface area contributed by atoms with Crippen LogP contribution in [0.2, 0.25) is 0 Å². The minimum Gasteiger partial charge on any atom is -0.469 e. The molecular weight excluding hydrogens is 242 g/mol. The molecule has 0 amide bonds. The topological polar surface area (TPSA) is 86.5 Å². The fourth-order valence-electron chi connectivity index (χ4n) is 2.93. The van der Waals surface area contributed by atoms with Crippen molar-refractivity contribution in [2.24, 2.45) is 11.1 Å². The third kappa shape index (κ3) is 2.80. The quantitative estimate of drug-likeness (QED) is 0.745. The lowest BCUT2D eigenvalue weighted by Gasteiger charge is -2.37. The summed E-state index contributed by atoms with van der Waals surface area (Å²) >= 11 is 0. The van der Waals surface area contributed by atoms with Gasteiger partial charge >= 0.3 is 5.97 Å². The zero-order valence-electron chi connectivity index (χ0n) is 10.6. The van der Waals surface area contributed by atoms with Crippen LogP contribution in [0, 0.1) is 5.41 Å². The second-order valence-corrected chi connectivity index (χ2v) is 7.21. The standard InChI is InChI=1S/C11H21NO4S/c1-8(12)11(7-10(13)16-2)6-4-5-9(11)17(3,14)15/h8-9H,4-7,12H2,1-3H3. The Hall–Kier alpha value is -0.620. The van der Waals surface area contributed by atoms with Crippen LogP contribution in [0.1, 0.15) is 32.6 Å². The van der Waals surface area contributed by atoms with Gasteiger partial charge in [0, 0.05) is 17.7 Å². The molecule has 0 spiro atoms.